The number of amides is 1. The standard InChI is InChI=1S/C14H16N4O3S/c1-3-20-14(19)17-15-10(2)8-21-12-6-4-11(5-7-12)13-9-22-18-16-13/h4-7,9H,3,8H2,1-2H3,(H,17,19). The molecule has 0 saturated heterocycles. The molecule has 1 N–H and O–H groups in total. The highest BCUT2D eigenvalue weighted by Gasteiger charge is 2.02. The summed E-state index contributed by atoms with van der Waals surface area (Å²) in [4.78, 5) is 11.1. The number of nitrogens with one attached hydrogen (secondary N) is 1. The Morgan fingerprint density at radius 3 is 2.77 bits per heavy atom. The summed E-state index contributed by atoms with van der Waals surface area (Å²) >= 11 is 1.31. The molecule has 2 rings (SSSR count). The third kappa shape index (κ3) is 4.81. The highest BCUT2D eigenvalue weighted by atomic mass is 32.1. The molecule has 1 aromatic heterocycles. The van der Waals surface area contributed by atoms with Gasteiger partial charge in [0.1, 0.15) is 18.1 Å². The van der Waals surface area contributed by atoms with Gasteiger partial charge in [-0.1, -0.05) is 4.49 Å². The molecular formula is C14H16N4O3S. The molecule has 116 valence electrons. The predicted molar refractivity (Wildman–Crippen MR) is 84.1 cm³/mol. The van der Waals surface area contributed by atoms with E-state index >= 15 is 0 Å². The van der Waals surface area contributed by atoms with Crippen molar-refractivity contribution in [2.75, 3.05) is 13.2 Å². The minimum atomic E-state index is -0.580. The molecule has 0 saturated carbocycles. The van der Waals surface area contributed by atoms with Gasteiger partial charge in [-0.2, -0.15) is 5.10 Å². The highest BCUT2D eigenvalue weighted by molar-refractivity contribution is 7.03. The topological polar surface area (TPSA) is 85.7 Å². The molecule has 8 heteroatoms. The Morgan fingerprint density at radius 2 is 2.14 bits per heavy atom. The van der Waals surface area contributed by atoms with Crippen LogP contribution in [0.1, 0.15) is 13.8 Å². The van der Waals surface area contributed by atoms with E-state index in [1.54, 1.807) is 13.8 Å². The van der Waals surface area contributed by atoms with Gasteiger partial charge < -0.3 is 9.47 Å². The van der Waals surface area contributed by atoms with Crippen LogP contribution in [0.25, 0.3) is 11.3 Å². The molecule has 1 aromatic carbocycles. The van der Waals surface area contributed by atoms with E-state index in [1.165, 1.54) is 11.5 Å². The van der Waals surface area contributed by atoms with Crippen LogP contribution in [0.15, 0.2) is 34.7 Å². The summed E-state index contributed by atoms with van der Waals surface area (Å²) in [6.45, 7) is 4.05. The molecule has 0 atom stereocenters. The van der Waals surface area contributed by atoms with Crippen LogP contribution in [0.5, 0.6) is 5.75 Å². The molecule has 0 aliphatic heterocycles. The van der Waals surface area contributed by atoms with E-state index in [0.717, 1.165) is 11.3 Å². The summed E-state index contributed by atoms with van der Waals surface area (Å²) in [5.41, 5.74) is 4.73. The monoisotopic (exact) mass is 320 g/mol. The minimum Gasteiger partial charge on any atom is -0.488 e. The number of carbonyl (C=O) groups is 1. The predicted octanol–water partition coefficient (Wildman–Crippen LogP) is 2.71. The summed E-state index contributed by atoms with van der Waals surface area (Å²) in [6, 6.07) is 7.52. The largest absolute Gasteiger partial charge is 0.488 e. The Labute approximate surface area is 132 Å². The SMILES string of the molecule is CCOC(=O)NN=C(C)COc1ccc(-c2csnn2)cc1. The molecule has 0 aliphatic carbocycles. The lowest BCUT2D eigenvalue weighted by Gasteiger charge is -2.07. The zero-order valence-electron chi connectivity index (χ0n) is 12.3. The first-order valence-corrected chi connectivity index (χ1v) is 7.49. The van der Waals surface area contributed by atoms with Crippen molar-refractivity contribution >= 4 is 23.3 Å². The maximum Gasteiger partial charge on any atom is 0.427 e. The molecular weight excluding hydrogens is 304 g/mol. The van der Waals surface area contributed by atoms with Gasteiger partial charge in [-0.3, -0.25) is 0 Å². The van der Waals surface area contributed by atoms with Gasteiger partial charge in [0.2, 0.25) is 0 Å². The van der Waals surface area contributed by atoms with Crippen molar-refractivity contribution in [3.05, 3.63) is 29.6 Å². The van der Waals surface area contributed by atoms with Gasteiger partial charge in [-0.15, -0.1) is 5.10 Å². The second kappa shape index (κ2) is 8.08. The molecule has 0 bridgehead atoms. The zero-order valence-corrected chi connectivity index (χ0v) is 13.1. The Kier molecular flexibility index (Phi) is 5.84. The van der Waals surface area contributed by atoms with Crippen LogP contribution in [0.4, 0.5) is 4.79 Å². The van der Waals surface area contributed by atoms with Crippen LogP contribution in [0, 0.1) is 0 Å². The molecule has 7 nitrogen and oxygen atoms in total. The Bertz CT molecular complexity index is 626. The van der Waals surface area contributed by atoms with Gasteiger partial charge in [0.05, 0.1) is 12.3 Å². The van der Waals surface area contributed by atoms with Crippen LogP contribution in [-0.4, -0.2) is 34.6 Å². The lowest BCUT2D eigenvalue weighted by molar-refractivity contribution is 0.152. The number of hydrazone groups is 1. The van der Waals surface area contributed by atoms with Crippen molar-refractivity contribution in [2.45, 2.75) is 13.8 Å². The maximum absolute atomic E-state index is 11.1. The van der Waals surface area contributed by atoms with Crippen molar-refractivity contribution < 1.29 is 14.3 Å². The van der Waals surface area contributed by atoms with Gasteiger partial charge in [-0.25, -0.2) is 10.2 Å². The number of benzene rings is 1. The average Bonchev–Trinajstić information content (AvgIpc) is 3.06. The molecule has 0 radical (unpaired) electrons. The Morgan fingerprint density at radius 1 is 1.36 bits per heavy atom. The van der Waals surface area contributed by atoms with E-state index < -0.39 is 6.09 Å². The summed E-state index contributed by atoms with van der Waals surface area (Å²) in [7, 11) is 0. The van der Waals surface area contributed by atoms with Crippen LogP contribution in [-0.2, 0) is 4.74 Å². The summed E-state index contributed by atoms with van der Waals surface area (Å²) < 4.78 is 14.1. The fourth-order valence-electron chi connectivity index (χ4n) is 1.54. The molecule has 1 heterocycles. The van der Waals surface area contributed by atoms with E-state index in [4.69, 9.17) is 9.47 Å². The van der Waals surface area contributed by atoms with Gasteiger partial charge in [0, 0.05) is 10.9 Å². The average molecular weight is 320 g/mol. The first-order valence-electron chi connectivity index (χ1n) is 6.65. The number of carbonyl (C=O) groups excluding carboxylic acids is 1. The smallest absolute Gasteiger partial charge is 0.427 e. The number of hydrogen-bond donors (Lipinski definition) is 1. The van der Waals surface area contributed by atoms with E-state index in [-0.39, 0.29) is 6.61 Å². The Balaban J connectivity index is 1.84. The van der Waals surface area contributed by atoms with Crippen molar-refractivity contribution in [1.82, 2.24) is 15.0 Å². The fourth-order valence-corrected chi connectivity index (χ4v) is 2.00. The molecule has 22 heavy (non-hydrogen) atoms. The van der Waals surface area contributed by atoms with Crippen molar-refractivity contribution in [1.29, 1.82) is 0 Å². The number of ether oxygens (including phenoxy) is 2. The van der Waals surface area contributed by atoms with Crippen LogP contribution in [0.2, 0.25) is 0 Å². The quantitative estimate of drug-likeness (QED) is 0.653. The summed E-state index contributed by atoms with van der Waals surface area (Å²) in [5, 5.41) is 9.75. The van der Waals surface area contributed by atoms with Crippen molar-refractivity contribution in [2.24, 2.45) is 5.10 Å². The van der Waals surface area contributed by atoms with Crippen LogP contribution < -0.4 is 10.2 Å². The lowest BCUT2D eigenvalue weighted by Crippen LogP contribution is -2.21. The zero-order chi connectivity index (χ0) is 15.8. The van der Waals surface area contributed by atoms with Gasteiger partial charge >= 0.3 is 6.09 Å². The van der Waals surface area contributed by atoms with Crippen molar-refractivity contribution in [3.8, 4) is 17.0 Å². The third-order valence-electron chi connectivity index (χ3n) is 2.57. The summed E-state index contributed by atoms with van der Waals surface area (Å²) in [5.74, 6) is 0.706. The lowest BCUT2D eigenvalue weighted by atomic mass is 10.2. The van der Waals surface area contributed by atoms with Crippen molar-refractivity contribution in [3.63, 3.8) is 0 Å². The number of nitrogens with zero attached hydrogens (tertiary/aromatic N) is 3. The molecule has 0 fully saturated rings. The van der Waals surface area contributed by atoms with E-state index in [1.807, 2.05) is 29.6 Å². The molecule has 0 aliphatic rings. The first-order chi connectivity index (χ1) is 10.7. The Hall–Kier alpha value is -2.48. The number of aromatic nitrogens is 2. The van der Waals surface area contributed by atoms with Gasteiger partial charge in [0.15, 0.2) is 0 Å². The normalized spacial score (nSPS) is 11.1. The van der Waals surface area contributed by atoms with Gasteiger partial charge in [-0.05, 0) is 49.6 Å². The first kappa shape index (κ1) is 15.9. The minimum absolute atomic E-state index is 0.268. The highest BCUT2D eigenvalue weighted by Crippen LogP contribution is 2.21. The molecule has 0 unspecified atom stereocenters. The number of hydrogen-bond acceptors (Lipinski definition) is 7. The second-order valence-electron chi connectivity index (χ2n) is 4.28. The molecule has 1 amide bonds. The second-order valence-corrected chi connectivity index (χ2v) is 4.89. The number of rotatable bonds is 6. The maximum atomic E-state index is 11.1. The molecule has 0 spiro atoms. The van der Waals surface area contributed by atoms with Crippen LogP contribution in [0.3, 0.4) is 0 Å². The van der Waals surface area contributed by atoms with E-state index in [0.29, 0.717) is 18.1 Å². The van der Waals surface area contributed by atoms with E-state index in [2.05, 4.69) is 20.1 Å². The van der Waals surface area contributed by atoms with E-state index in [9.17, 15) is 4.79 Å². The van der Waals surface area contributed by atoms with Gasteiger partial charge in [0.25, 0.3) is 0 Å². The fraction of sp³-hybridized carbons (Fsp3) is 0.286. The third-order valence-corrected chi connectivity index (χ3v) is 3.08. The summed E-state index contributed by atoms with van der Waals surface area (Å²) in [6.07, 6.45) is -0.580. The van der Waals surface area contributed by atoms with Crippen LogP contribution >= 0.6 is 11.5 Å². The molecule has 2 aromatic rings.